The highest BCUT2D eigenvalue weighted by Crippen LogP contribution is 2.30. The van der Waals surface area contributed by atoms with Crippen molar-refractivity contribution in [3.05, 3.63) is 0 Å². The molecule has 0 aromatic rings. The first kappa shape index (κ1) is 12.4. The van der Waals surface area contributed by atoms with E-state index in [9.17, 15) is 9.59 Å². The van der Waals surface area contributed by atoms with Gasteiger partial charge >= 0.3 is 0 Å². The van der Waals surface area contributed by atoms with Crippen LogP contribution in [0.2, 0.25) is 0 Å². The van der Waals surface area contributed by atoms with Crippen molar-refractivity contribution in [2.24, 2.45) is 17.6 Å². The Balaban J connectivity index is 1.70. The Hall–Kier alpha value is -1.10. The van der Waals surface area contributed by atoms with E-state index in [0.717, 1.165) is 32.1 Å². The summed E-state index contributed by atoms with van der Waals surface area (Å²) in [5, 5.41) is 5.56. The molecule has 0 aromatic carbocycles. The van der Waals surface area contributed by atoms with Crippen molar-refractivity contribution in [3.8, 4) is 0 Å². The van der Waals surface area contributed by atoms with Gasteiger partial charge < -0.3 is 16.4 Å². The second-order valence-corrected chi connectivity index (χ2v) is 5.09. The highest BCUT2D eigenvalue weighted by Gasteiger charge is 2.32. The molecule has 0 heterocycles. The number of rotatable bonds is 5. The third kappa shape index (κ3) is 3.43. The van der Waals surface area contributed by atoms with Crippen molar-refractivity contribution in [1.82, 2.24) is 10.6 Å². The Kier molecular flexibility index (Phi) is 3.99. The molecule has 17 heavy (non-hydrogen) atoms. The van der Waals surface area contributed by atoms with Gasteiger partial charge in [0.05, 0.1) is 6.54 Å². The van der Waals surface area contributed by atoms with Crippen LogP contribution in [0.3, 0.4) is 0 Å². The largest absolute Gasteiger partial charge is 0.352 e. The van der Waals surface area contributed by atoms with E-state index in [4.69, 9.17) is 5.73 Å². The Morgan fingerprint density at radius 1 is 1.18 bits per heavy atom. The summed E-state index contributed by atoms with van der Waals surface area (Å²) >= 11 is 0. The third-order valence-electron chi connectivity index (χ3n) is 3.66. The van der Waals surface area contributed by atoms with Crippen LogP contribution in [-0.2, 0) is 9.59 Å². The molecule has 96 valence electrons. The number of nitrogens with two attached hydrogens (primary N) is 1. The molecule has 2 aliphatic rings. The van der Waals surface area contributed by atoms with Gasteiger partial charge in [-0.3, -0.25) is 9.59 Å². The van der Waals surface area contributed by atoms with Gasteiger partial charge in [0, 0.05) is 12.0 Å². The molecule has 2 amide bonds. The lowest BCUT2D eigenvalue weighted by molar-refractivity contribution is -0.129. The van der Waals surface area contributed by atoms with E-state index >= 15 is 0 Å². The molecule has 0 radical (unpaired) electrons. The molecular weight excluding hydrogens is 218 g/mol. The topological polar surface area (TPSA) is 84.2 Å². The van der Waals surface area contributed by atoms with E-state index in [0.29, 0.717) is 18.5 Å². The molecule has 2 unspecified atom stereocenters. The number of carbonyl (C=O) groups is 2. The predicted octanol–water partition coefficient (Wildman–Crippen LogP) is -0.244. The minimum Gasteiger partial charge on any atom is -0.352 e. The van der Waals surface area contributed by atoms with Gasteiger partial charge in [0.15, 0.2) is 0 Å². The van der Waals surface area contributed by atoms with Gasteiger partial charge in [-0.1, -0.05) is 6.42 Å². The molecule has 2 rings (SSSR count). The van der Waals surface area contributed by atoms with Crippen LogP contribution in [0.25, 0.3) is 0 Å². The first-order valence-electron chi connectivity index (χ1n) is 6.48. The highest BCUT2D eigenvalue weighted by atomic mass is 16.2. The SMILES string of the molecule is NCC1CCCC1C(=O)NCC(=O)NC1CC1. The smallest absolute Gasteiger partial charge is 0.239 e. The monoisotopic (exact) mass is 239 g/mol. The van der Waals surface area contributed by atoms with Gasteiger partial charge in [-0.15, -0.1) is 0 Å². The van der Waals surface area contributed by atoms with Crippen molar-refractivity contribution in [3.63, 3.8) is 0 Å². The first-order valence-corrected chi connectivity index (χ1v) is 6.48. The van der Waals surface area contributed by atoms with Crippen LogP contribution < -0.4 is 16.4 Å². The number of nitrogens with one attached hydrogen (secondary N) is 2. The van der Waals surface area contributed by atoms with E-state index in [-0.39, 0.29) is 24.3 Å². The molecular formula is C12H21N3O2. The Bertz CT molecular complexity index is 302. The molecule has 0 spiro atoms. The van der Waals surface area contributed by atoms with Gasteiger partial charge in [-0.05, 0) is 38.1 Å². The van der Waals surface area contributed by atoms with Gasteiger partial charge in [-0.25, -0.2) is 0 Å². The summed E-state index contributed by atoms with van der Waals surface area (Å²) in [6, 6.07) is 0.350. The van der Waals surface area contributed by atoms with Crippen LogP contribution in [0.15, 0.2) is 0 Å². The van der Waals surface area contributed by atoms with Crippen molar-refractivity contribution in [1.29, 1.82) is 0 Å². The standard InChI is InChI=1S/C12H21N3O2/c13-6-8-2-1-3-10(8)12(17)14-7-11(16)15-9-4-5-9/h8-10H,1-7,13H2,(H,14,17)(H,15,16). The summed E-state index contributed by atoms with van der Waals surface area (Å²) < 4.78 is 0. The van der Waals surface area contributed by atoms with Crippen molar-refractivity contribution in [2.45, 2.75) is 38.1 Å². The second-order valence-electron chi connectivity index (χ2n) is 5.09. The first-order chi connectivity index (χ1) is 8.20. The number of hydrogen-bond donors (Lipinski definition) is 3. The van der Waals surface area contributed by atoms with E-state index in [2.05, 4.69) is 10.6 Å². The van der Waals surface area contributed by atoms with Crippen LogP contribution in [0.1, 0.15) is 32.1 Å². The quantitative estimate of drug-likeness (QED) is 0.619. The average Bonchev–Trinajstić information content (AvgIpc) is 2.99. The maximum Gasteiger partial charge on any atom is 0.239 e. The fourth-order valence-electron chi connectivity index (χ4n) is 2.47. The summed E-state index contributed by atoms with van der Waals surface area (Å²) in [6.07, 6.45) is 5.13. The number of hydrogen-bond acceptors (Lipinski definition) is 3. The lowest BCUT2D eigenvalue weighted by Crippen LogP contribution is -2.41. The molecule has 0 saturated heterocycles. The second kappa shape index (κ2) is 5.49. The van der Waals surface area contributed by atoms with Gasteiger partial charge in [0.1, 0.15) is 0 Å². The Morgan fingerprint density at radius 3 is 2.59 bits per heavy atom. The zero-order valence-corrected chi connectivity index (χ0v) is 10.1. The molecule has 5 heteroatoms. The Morgan fingerprint density at radius 2 is 1.94 bits per heavy atom. The summed E-state index contributed by atoms with van der Waals surface area (Å²) in [4.78, 5) is 23.3. The zero-order valence-electron chi connectivity index (χ0n) is 10.1. The number of amides is 2. The lowest BCUT2D eigenvalue weighted by Gasteiger charge is -2.17. The van der Waals surface area contributed by atoms with Crippen molar-refractivity contribution >= 4 is 11.8 Å². The average molecular weight is 239 g/mol. The normalized spacial score (nSPS) is 27.8. The molecule has 2 atom stereocenters. The molecule has 4 N–H and O–H groups in total. The predicted molar refractivity (Wildman–Crippen MR) is 64.1 cm³/mol. The molecule has 2 aliphatic carbocycles. The maximum absolute atomic E-state index is 11.9. The minimum absolute atomic E-state index is 0.00808. The lowest BCUT2D eigenvalue weighted by atomic mass is 9.95. The fourth-order valence-corrected chi connectivity index (χ4v) is 2.47. The molecule has 0 bridgehead atoms. The van der Waals surface area contributed by atoms with Gasteiger partial charge in [0.25, 0.3) is 0 Å². The van der Waals surface area contributed by atoms with Crippen LogP contribution in [0, 0.1) is 11.8 Å². The van der Waals surface area contributed by atoms with Crippen molar-refractivity contribution < 1.29 is 9.59 Å². The maximum atomic E-state index is 11.9. The van der Waals surface area contributed by atoms with E-state index in [1.165, 1.54) is 0 Å². The summed E-state index contributed by atoms with van der Waals surface area (Å²) in [5.41, 5.74) is 5.63. The van der Waals surface area contributed by atoms with E-state index < -0.39 is 0 Å². The van der Waals surface area contributed by atoms with Crippen LogP contribution >= 0.6 is 0 Å². The Labute approximate surface area is 102 Å². The third-order valence-corrected chi connectivity index (χ3v) is 3.66. The van der Waals surface area contributed by atoms with Crippen LogP contribution in [0.4, 0.5) is 0 Å². The zero-order chi connectivity index (χ0) is 12.3. The van der Waals surface area contributed by atoms with Gasteiger partial charge in [0.2, 0.25) is 11.8 Å². The minimum atomic E-state index is -0.0804. The molecule has 2 fully saturated rings. The molecule has 0 aromatic heterocycles. The summed E-state index contributed by atoms with van der Waals surface area (Å²) in [6.45, 7) is 0.662. The van der Waals surface area contributed by atoms with Crippen LogP contribution in [0.5, 0.6) is 0 Å². The summed E-state index contributed by atoms with van der Waals surface area (Å²) in [7, 11) is 0. The molecule has 2 saturated carbocycles. The molecule has 5 nitrogen and oxygen atoms in total. The number of carbonyl (C=O) groups excluding carboxylic acids is 2. The van der Waals surface area contributed by atoms with Crippen molar-refractivity contribution in [2.75, 3.05) is 13.1 Å². The summed E-state index contributed by atoms with van der Waals surface area (Å²) in [5.74, 6) is 0.210. The molecule has 0 aliphatic heterocycles. The fraction of sp³-hybridized carbons (Fsp3) is 0.833. The van der Waals surface area contributed by atoms with Crippen LogP contribution in [-0.4, -0.2) is 30.9 Å². The van der Waals surface area contributed by atoms with E-state index in [1.54, 1.807) is 0 Å². The van der Waals surface area contributed by atoms with Gasteiger partial charge in [-0.2, -0.15) is 0 Å². The van der Waals surface area contributed by atoms with E-state index in [1.807, 2.05) is 0 Å². The highest BCUT2D eigenvalue weighted by molar-refractivity contribution is 5.86.